The Bertz CT molecular complexity index is 920. The maximum Gasteiger partial charge on any atom is 0.308 e. The van der Waals surface area contributed by atoms with Crippen molar-refractivity contribution in [2.75, 3.05) is 18.0 Å². The summed E-state index contributed by atoms with van der Waals surface area (Å²) < 4.78 is 5.55. The average molecular weight is 338 g/mol. The Hall–Kier alpha value is -2.96. The van der Waals surface area contributed by atoms with Crippen molar-refractivity contribution in [1.82, 2.24) is 15.1 Å². The molecule has 1 fully saturated rings. The van der Waals surface area contributed by atoms with Crippen molar-refractivity contribution in [3.8, 4) is 11.3 Å². The molecular weight excluding hydrogens is 320 g/mol. The lowest BCUT2D eigenvalue weighted by atomic mass is 9.98. The van der Waals surface area contributed by atoms with Gasteiger partial charge in [-0.25, -0.2) is 9.97 Å². The van der Waals surface area contributed by atoms with Gasteiger partial charge in [0.15, 0.2) is 5.82 Å². The third-order valence-corrected chi connectivity index (χ3v) is 4.63. The van der Waals surface area contributed by atoms with Gasteiger partial charge < -0.3 is 14.5 Å². The van der Waals surface area contributed by atoms with Gasteiger partial charge in [-0.2, -0.15) is 0 Å². The second kappa shape index (κ2) is 6.16. The minimum atomic E-state index is -0.770. The molecule has 0 radical (unpaired) electrons. The van der Waals surface area contributed by atoms with Crippen molar-refractivity contribution in [2.24, 2.45) is 5.92 Å². The fraction of sp³-hybridized carbons (Fsp3) is 0.333. The molecule has 0 unspecified atom stereocenters. The summed E-state index contributed by atoms with van der Waals surface area (Å²) in [7, 11) is 0. The quantitative estimate of drug-likeness (QED) is 0.785. The minimum Gasteiger partial charge on any atom is -0.481 e. The highest BCUT2D eigenvalue weighted by atomic mass is 16.5. The first kappa shape index (κ1) is 15.6. The summed E-state index contributed by atoms with van der Waals surface area (Å²) in [6, 6.07) is 7.99. The van der Waals surface area contributed by atoms with Crippen LogP contribution in [0.2, 0.25) is 0 Å². The van der Waals surface area contributed by atoms with E-state index in [1.165, 1.54) is 11.9 Å². The zero-order chi connectivity index (χ0) is 17.4. The summed E-state index contributed by atoms with van der Waals surface area (Å²) in [5, 5.41) is 13.5. The summed E-state index contributed by atoms with van der Waals surface area (Å²) in [6.45, 7) is 3.19. The molecule has 0 aliphatic carbocycles. The van der Waals surface area contributed by atoms with Crippen LogP contribution < -0.4 is 4.90 Å². The number of nitrogens with zero attached hydrogens (tertiary/aromatic N) is 4. The molecule has 2 aromatic heterocycles. The average Bonchev–Trinajstić information content (AvgIpc) is 3.06. The van der Waals surface area contributed by atoms with Crippen LogP contribution in [0, 0.1) is 12.8 Å². The molecule has 0 amide bonds. The van der Waals surface area contributed by atoms with Crippen LogP contribution in [0.5, 0.6) is 0 Å². The number of hydrogen-bond acceptors (Lipinski definition) is 6. The number of carbonyl (C=O) groups is 1. The molecule has 7 heteroatoms. The van der Waals surface area contributed by atoms with Gasteiger partial charge in [0, 0.05) is 18.7 Å². The SMILES string of the molecule is Cc1ccc(-c2noc3c(N4CCC[C@H](C(=O)O)C4)ncnc23)cc1. The van der Waals surface area contributed by atoms with Gasteiger partial charge in [0.25, 0.3) is 0 Å². The van der Waals surface area contributed by atoms with Crippen LogP contribution in [0.15, 0.2) is 35.1 Å². The van der Waals surface area contributed by atoms with Gasteiger partial charge in [0.2, 0.25) is 5.58 Å². The highest BCUT2D eigenvalue weighted by Crippen LogP contribution is 2.32. The number of rotatable bonds is 3. The van der Waals surface area contributed by atoms with Crippen LogP contribution in [0.1, 0.15) is 18.4 Å². The fourth-order valence-electron chi connectivity index (χ4n) is 3.25. The van der Waals surface area contributed by atoms with Crippen molar-refractivity contribution in [3.05, 3.63) is 36.2 Å². The van der Waals surface area contributed by atoms with E-state index >= 15 is 0 Å². The monoisotopic (exact) mass is 338 g/mol. The second-order valence-electron chi connectivity index (χ2n) is 6.40. The third-order valence-electron chi connectivity index (χ3n) is 4.63. The van der Waals surface area contributed by atoms with Gasteiger partial charge in [-0.3, -0.25) is 4.79 Å². The predicted molar refractivity (Wildman–Crippen MR) is 92.3 cm³/mol. The van der Waals surface area contributed by atoms with E-state index in [2.05, 4.69) is 15.1 Å². The largest absolute Gasteiger partial charge is 0.481 e. The zero-order valence-electron chi connectivity index (χ0n) is 13.8. The highest BCUT2D eigenvalue weighted by molar-refractivity contribution is 5.93. The van der Waals surface area contributed by atoms with E-state index in [1.54, 1.807) is 0 Å². The number of aryl methyl sites for hydroxylation is 1. The number of benzene rings is 1. The van der Waals surface area contributed by atoms with Crippen molar-refractivity contribution < 1.29 is 14.4 Å². The van der Waals surface area contributed by atoms with Gasteiger partial charge in [0.1, 0.15) is 17.5 Å². The van der Waals surface area contributed by atoms with E-state index in [-0.39, 0.29) is 0 Å². The molecule has 128 valence electrons. The number of fused-ring (bicyclic) bond motifs is 1. The Balaban J connectivity index is 1.74. The summed E-state index contributed by atoms with van der Waals surface area (Å²) >= 11 is 0. The molecule has 25 heavy (non-hydrogen) atoms. The first-order chi connectivity index (χ1) is 12.1. The Morgan fingerprint density at radius 1 is 1.28 bits per heavy atom. The molecule has 1 N–H and O–H groups in total. The maximum atomic E-state index is 11.3. The number of carboxylic acid groups (broad SMARTS) is 1. The number of aromatic nitrogens is 3. The van der Waals surface area contributed by atoms with Crippen molar-refractivity contribution >= 4 is 22.9 Å². The number of carboxylic acids is 1. The molecule has 7 nitrogen and oxygen atoms in total. The summed E-state index contributed by atoms with van der Waals surface area (Å²) in [4.78, 5) is 21.9. The summed E-state index contributed by atoms with van der Waals surface area (Å²) in [5.41, 5.74) is 3.91. The van der Waals surface area contributed by atoms with Crippen molar-refractivity contribution in [1.29, 1.82) is 0 Å². The molecule has 1 atom stereocenters. The Morgan fingerprint density at radius 2 is 2.08 bits per heavy atom. The maximum absolute atomic E-state index is 11.3. The molecule has 3 aromatic rings. The summed E-state index contributed by atoms with van der Waals surface area (Å²) in [5.74, 6) is -0.548. The molecule has 1 aliphatic rings. The third kappa shape index (κ3) is 2.82. The number of hydrogen-bond donors (Lipinski definition) is 1. The lowest BCUT2D eigenvalue weighted by Gasteiger charge is -2.31. The minimum absolute atomic E-state index is 0.391. The van der Waals surface area contributed by atoms with E-state index in [9.17, 15) is 9.90 Å². The highest BCUT2D eigenvalue weighted by Gasteiger charge is 2.28. The lowest BCUT2D eigenvalue weighted by molar-refractivity contribution is -0.141. The van der Waals surface area contributed by atoms with Crippen LogP contribution in [0.4, 0.5) is 5.82 Å². The molecule has 0 bridgehead atoms. The van der Waals surface area contributed by atoms with Gasteiger partial charge in [-0.15, -0.1) is 0 Å². The second-order valence-corrected chi connectivity index (χ2v) is 6.40. The van der Waals surface area contributed by atoms with Crippen LogP contribution in [-0.4, -0.2) is 39.3 Å². The van der Waals surface area contributed by atoms with Gasteiger partial charge in [-0.05, 0) is 19.8 Å². The molecule has 1 aromatic carbocycles. The smallest absolute Gasteiger partial charge is 0.308 e. The normalized spacial score (nSPS) is 17.8. The Labute approximate surface area is 144 Å². The van der Waals surface area contributed by atoms with E-state index < -0.39 is 11.9 Å². The van der Waals surface area contributed by atoms with Crippen LogP contribution >= 0.6 is 0 Å². The molecule has 4 rings (SSSR count). The van der Waals surface area contributed by atoms with Gasteiger partial charge in [-0.1, -0.05) is 35.0 Å². The zero-order valence-corrected chi connectivity index (χ0v) is 13.8. The van der Waals surface area contributed by atoms with Crippen LogP contribution in [-0.2, 0) is 4.79 Å². The van der Waals surface area contributed by atoms with E-state index in [0.29, 0.717) is 35.6 Å². The topological polar surface area (TPSA) is 92.4 Å². The molecule has 1 saturated heterocycles. The first-order valence-electron chi connectivity index (χ1n) is 8.28. The molecular formula is C18H18N4O3. The first-order valence-corrected chi connectivity index (χ1v) is 8.28. The molecule has 3 heterocycles. The van der Waals surface area contributed by atoms with E-state index in [0.717, 1.165) is 18.5 Å². The molecule has 0 saturated carbocycles. The van der Waals surface area contributed by atoms with Crippen LogP contribution in [0.3, 0.4) is 0 Å². The lowest BCUT2D eigenvalue weighted by Crippen LogP contribution is -2.39. The van der Waals surface area contributed by atoms with Crippen LogP contribution in [0.25, 0.3) is 22.4 Å². The van der Waals surface area contributed by atoms with E-state index in [4.69, 9.17) is 4.52 Å². The van der Waals surface area contributed by atoms with Crippen molar-refractivity contribution in [3.63, 3.8) is 0 Å². The van der Waals surface area contributed by atoms with E-state index in [1.807, 2.05) is 36.1 Å². The van der Waals surface area contributed by atoms with Gasteiger partial charge >= 0.3 is 5.97 Å². The summed E-state index contributed by atoms with van der Waals surface area (Å²) in [6.07, 6.45) is 2.98. The number of aliphatic carboxylic acids is 1. The Kier molecular flexibility index (Phi) is 3.83. The van der Waals surface area contributed by atoms with Gasteiger partial charge in [0.05, 0.1) is 5.92 Å². The van der Waals surface area contributed by atoms with Crippen molar-refractivity contribution in [2.45, 2.75) is 19.8 Å². The number of anilines is 1. The number of piperidine rings is 1. The Morgan fingerprint density at radius 3 is 2.84 bits per heavy atom. The standard InChI is InChI=1S/C18H18N4O3/c1-11-4-6-12(7-5-11)14-15-16(25-21-14)17(20-10-19-15)22-8-2-3-13(9-22)18(23)24/h4-7,10,13H,2-3,8-9H2,1H3,(H,23,24)/t13-/m0/s1. The molecule has 1 aliphatic heterocycles. The molecule has 0 spiro atoms. The predicted octanol–water partition coefficient (Wildman–Crippen LogP) is 2.89. The fourth-order valence-corrected chi connectivity index (χ4v) is 3.25.